The van der Waals surface area contributed by atoms with Crippen molar-refractivity contribution in [1.82, 2.24) is 0 Å². The number of hydrogen-bond acceptors (Lipinski definition) is 4. The maximum atomic E-state index is 10.7. The molecule has 7 heteroatoms. The van der Waals surface area contributed by atoms with Crippen LogP contribution in [0.5, 0.6) is 5.75 Å². The van der Waals surface area contributed by atoms with Gasteiger partial charge in [-0.25, -0.2) is 4.79 Å². The first-order chi connectivity index (χ1) is 9.97. The van der Waals surface area contributed by atoms with Gasteiger partial charge in [-0.15, -0.1) is 0 Å². The van der Waals surface area contributed by atoms with Gasteiger partial charge in [0.15, 0.2) is 0 Å². The summed E-state index contributed by atoms with van der Waals surface area (Å²) in [6.45, 7) is 0. The number of anilines is 1. The van der Waals surface area contributed by atoms with Gasteiger partial charge in [0, 0.05) is 0 Å². The van der Waals surface area contributed by atoms with Crippen molar-refractivity contribution in [2.24, 2.45) is 5.10 Å². The van der Waals surface area contributed by atoms with Crippen molar-refractivity contribution in [2.75, 3.05) is 5.43 Å². The topological polar surface area (TPSA) is 81.9 Å². The van der Waals surface area contributed by atoms with Crippen LogP contribution in [0.2, 0.25) is 0 Å². The number of aromatic hydroxyl groups is 1. The molecule has 0 aliphatic rings. The van der Waals surface area contributed by atoms with Crippen molar-refractivity contribution in [3.8, 4) is 5.75 Å². The molecule has 3 N–H and O–H groups in total. The number of carboxylic acids is 1. The molecule has 21 heavy (non-hydrogen) atoms. The Morgan fingerprint density at radius 3 is 2.24 bits per heavy atom. The third kappa shape index (κ3) is 4.05. The summed E-state index contributed by atoms with van der Waals surface area (Å²) in [7, 11) is 0. The molecule has 0 unspecified atom stereocenters. The first kappa shape index (κ1) is 15.5. The van der Waals surface area contributed by atoms with Crippen molar-refractivity contribution < 1.29 is 15.0 Å². The summed E-state index contributed by atoms with van der Waals surface area (Å²) < 4.78 is 1.12. The van der Waals surface area contributed by atoms with Crippen LogP contribution in [0, 0.1) is 0 Å². The minimum atomic E-state index is -0.969. The summed E-state index contributed by atoms with van der Waals surface area (Å²) in [5.74, 6) is -0.840. The Morgan fingerprint density at radius 2 is 1.71 bits per heavy atom. The number of halogens is 2. The van der Waals surface area contributed by atoms with E-state index in [1.165, 1.54) is 12.1 Å². The number of rotatable bonds is 4. The average molecular weight is 414 g/mol. The molecule has 0 amide bonds. The molecule has 2 aromatic carbocycles. The first-order valence-corrected chi connectivity index (χ1v) is 7.36. The third-order valence-corrected chi connectivity index (χ3v) is 3.79. The Labute approximate surface area is 137 Å². The van der Waals surface area contributed by atoms with Crippen molar-refractivity contribution in [3.05, 3.63) is 56.5 Å². The molecule has 2 rings (SSSR count). The predicted octanol–water partition coefficient (Wildman–Crippen LogP) is 4.06. The fraction of sp³-hybridized carbons (Fsp3) is 0. The Bertz CT molecular complexity index is 677. The number of phenols is 1. The summed E-state index contributed by atoms with van der Waals surface area (Å²) in [5, 5.41) is 22.5. The maximum absolute atomic E-state index is 10.7. The number of aromatic carboxylic acids is 1. The van der Waals surface area contributed by atoms with Gasteiger partial charge < -0.3 is 10.2 Å². The van der Waals surface area contributed by atoms with Gasteiger partial charge in [-0.2, -0.15) is 5.10 Å². The molecule has 0 saturated heterocycles. The lowest BCUT2D eigenvalue weighted by atomic mass is 10.2. The lowest BCUT2D eigenvalue weighted by Crippen LogP contribution is -1.96. The largest absolute Gasteiger partial charge is 0.506 e. The lowest BCUT2D eigenvalue weighted by Gasteiger charge is -2.03. The molecule has 0 aromatic heterocycles. The number of carbonyl (C=O) groups is 1. The van der Waals surface area contributed by atoms with Gasteiger partial charge in [0.1, 0.15) is 5.75 Å². The van der Waals surface area contributed by atoms with Gasteiger partial charge in [0.25, 0.3) is 0 Å². The summed E-state index contributed by atoms with van der Waals surface area (Å²) in [5.41, 5.74) is 4.47. The van der Waals surface area contributed by atoms with Crippen molar-refractivity contribution in [1.29, 1.82) is 0 Å². The first-order valence-electron chi connectivity index (χ1n) is 5.78. The van der Waals surface area contributed by atoms with Crippen molar-refractivity contribution in [2.45, 2.75) is 0 Å². The number of nitrogens with zero attached hydrogens (tertiary/aromatic N) is 1. The molecule has 0 fully saturated rings. The highest BCUT2D eigenvalue weighted by Gasteiger charge is 2.04. The summed E-state index contributed by atoms with van der Waals surface area (Å²) in [4.78, 5) is 10.7. The van der Waals surface area contributed by atoms with Crippen LogP contribution in [0.4, 0.5) is 5.69 Å². The Balaban J connectivity index is 2.07. The average Bonchev–Trinajstić information content (AvgIpc) is 2.45. The quantitative estimate of drug-likeness (QED) is 0.521. The van der Waals surface area contributed by atoms with Gasteiger partial charge in [0.2, 0.25) is 0 Å². The van der Waals surface area contributed by atoms with Gasteiger partial charge in [-0.3, -0.25) is 5.43 Å². The fourth-order valence-corrected chi connectivity index (χ4v) is 2.75. The van der Waals surface area contributed by atoms with Crippen molar-refractivity contribution >= 4 is 49.7 Å². The van der Waals surface area contributed by atoms with E-state index in [9.17, 15) is 9.90 Å². The van der Waals surface area contributed by atoms with Gasteiger partial charge >= 0.3 is 5.97 Å². The van der Waals surface area contributed by atoms with E-state index in [2.05, 4.69) is 42.4 Å². The zero-order chi connectivity index (χ0) is 15.4. The number of phenolic OH excluding ortho intramolecular Hbond substituents is 1. The summed E-state index contributed by atoms with van der Waals surface area (Å²) >= 11 is 6.48. The van der Waals surface area contributed by atoms with Crippen LogP contribution >= 0.6 is 31.9 Å². The van der Waals surface area contributed by atoms with E-state index in [1.807, 2.05) is 0 Å². The number of hydrogen-bond donors (Lipinski definition) is 3. The highest BCUT2D eigenvalue weighted by molar-refractivity contribution is 9.11. The van der Waals surface area contributed by atoms with E-state index in [1.54, 1.807) is 30.5 Å². The highest BCUT2D eigenvalue weighted by Crippen LogP contribution is 2.32. The monoisotopic (exact) mass is 412 g/mol. The van der Waals surface area contributed by atoms with E-state index in [-0.39, 0.29) is 11.3 Å². The van der Waals surface area contributed by atoms with Crippen LogP contribution in [0.15, 0.2) is 50.4 Å². The van der Waals surface area contributed by atoms with Crippen LogP contribution in [0.3, 0.4) is 0 Å². The zero-order valence-electron chi connectivity index (χ0n) is 10.5. The van der Waals surface area contributed by atoms with Crippen LogP contribution in [0.1, 0.15) is 15.9 Å². The Hall–Kier alpha value is -1.86. The van der Waals surface area contributed by atoms with Gasteiger partial charge in [-0.05, 0) is 73.8 Å². The van der Waals surface area contributed by atoms with E-state index in [0.717, 1.165) is 5.56 Å². The molecular formula is C14H10Br2N2O3. The minimum absolute atomic E-state index is 0.129. The van der Waals surface area contributed by atoms with Crippen LogP contribution in [-0.2, 0) is 0 Å². The summed E-state index contributed by atoms with van der Waals surface area (Å²) in [6.07, 6.45) is 1.58. The van der Waals surface area contributed by atoms with Crippen LogP contribution < -0.4 is 5.43 Å². The molecule has 5 nitrogen and oxygen atoms in total. The molecule has 0 aliphatic carbocycles. The number of hydrazone groups is 1. The van der Waals surface area contributed by atoms with Crippen LogP contribution in [0.25, 0.3) is 0 Å². The molecule has 108 valence electrons. The number of carboxylic acid groups (broad SMARTS) is 1. The molecular weight excluding hydrogens is 404 g/mol. The summed E-state index contributed by atoms with van der Waals surface area (Å²) in [6, 6.07) is 9.69. The molecule has 0 spiro atoms. The van der Waals surface area contributed by atoms with E-state index in [4.69, 9.17) is 5.11 Å². The molecule has 2 aromatic rings. The van der Waals surface area contributed by atoms with Gasteiger partial charge in [0.05, 0.1) is 26.4 Å². The highest BCUT2D eigenvalue weighted by atomic mass is 79.9. The molecule has 0 heterocycles. The standard InChI is InChI=1S/C14H10Br2N2O3/c15-11-5-8(6-12(16)13(11)19)7-17-18-10-3-1-9(2-4-10)14(20)21/h1-7,18-19H,(H,20,21)/b17-7+. The van der Waals surface area contributed by atoms with Crippen LogP contribution in [-0.4, -0.2) is 22.4 Å². The minimum Gasteiger partial charge on any atom is -0.506 e. The molecule has 0 bridgehead atoms. The van der Waals surface area contributed by atoms with E-state index < -0.39 is 5.97 Å². The maximum Gasteiger partial charge on any atom is 0.335 e. The molecule has 0 radical (unpaired) electrons. The molecule has 0 atom stereocenters. The van der Waals surface area contributed by atoms with Crippen molar-refractivity contribution in [3.63, 3.8) is 0 Å². The predicted molar refractivity (Wildman–Crippen MR) is 88.1 cm³/mol. The second-order valence-corrected chi connectivity index (χ2v) is 5.79. The normalized spacial score (nSPS) is 10.8. The smallest absolute Gasteiger partial charge is 0.335 e. The fourth-order valence-electron chi connectivity index (χ4n) is 1.53. The Morgan fingerprint density at radius 1 is 1.14 bits per heavy atom. The Kier molecular flexibility index (Phi) is 4.98. The molecule has 0 aliphatic heterocycles. The number of nitrogens with one attached hydrogen (secondary N) is 1. The van der Waals surface area contributed by atoms with Gasteiger partial charge in [-0.1, -0.05) is 0 Å². The lowest BCUT2D eigenvalue weighted by molar-refractivity contribution is 0.0697. The number of benzene rings is 2. The SMILES string of the molecule is O=C(O)c1ccc(N/N=C/c2cc(Br)c(O)c(Br)c2)cc1. The van der Waals surface area contributed by atoms with E-state index >= 15 is 0 Å². The third-order valence-electron chi connectivity index (χ3n) is 2.58. The molecule has 0 saturated carbocycles. The zero-order valence-corrected chi connectivity index (χ0v) is 13.7. The van der Waals surface area contributed by atoms with E-state index in [0.29, 0.717) is 14.6 Å². The second kappa shape index (κ2) is 6.73. The second-order valence-electron chi connectivity index (χ2n) is 4.09.